The van der Waals surface area contributed by atoms with Gasteiger partial charge in [-0.3, -0.25) is 4.79 Å². The number of nitrogens with zero attached hydrogens (tertiary/aromatic N) is 2. The van der Waals surface area contributed by atoms with Crippen molar-refractivity contribution in [3.05, 3.63) is 22.7 Å². The van der Waals surface area contributed by atoms with Crippen LogP contribution in [0.4, 0.5) is 5.82 Å². The molecule has 0 amide bonds. The lowest BCUT2D eigenvalue weighted by molar-refractivity contribution is 0.508. The van der Waals surface area contributed by atoms with Crippen LogP contribution in [0.2, 0.25) is 0 Å². The van der Waals surface area contributed by atoms with E-state index in [-0.39, 0.29) is 11.6 Å². The fraction of sp³-hybridized carbons (Fsp3) is 0.714. The quantitative estimate of drug-likeness (QED) is 0.753. The van der Waals surface area contributed by atoms with E-state index in [0.717, 1.165) is 19.3 Å². The van der Waals surface area contributed by atoms with Gasteiger partial charge in [-0.05, 0) is 12.3 Å². The van der Waals surface area contributed by atoms with Gasteiger partial charge in [-0.15, -0.1) is 0 Å². The van der Waals surface area contributed by atoms with E-state index < -0.39 is 0 Å². The minimum atomic E-state index is -0.0638. The Hall–Kier alpha value is -1.36. The molecule has 0 radical (unpaired) electrons. The standard InChI is InChI=1S/C14H26N4O/c1-4-5-6-12(9-15)17-13-14(19)18(8-7-16-13)10-11(2)3/h7-8,11-12H,4-6,9-10,15H2,1-3H3,(H,16,17). The molecule has 0 saturated carbocycles. The third-order valence-corrected chi connectivity index (χ3v) is 3.01. The molecule has 0 aliphatic rings. The molecule has 0 aliphatic carbocycles. The topological polar surface area (TPSA) is 72.9 Å². The molecular formula is C14H26N4O. The Balaban J connectivity index is 2.80. The molecule has 0 aliphatic heterocycles. The van der Waals surface area contributed by atoms with Crippen molar-refractivity contribution in [2.45, 2.75) is 52.6 Å². The second-order valence-corrected chi connectivity index (χ2v) is 5.35. The molecule has 1 heterocycles. The number of nitrogens with one attached hydrogen (secondary N) is 1. The molecule has 1 aromatic rings. The van der Waals surface area contributed by atoms with E-state index in [1.165, 1.54) is 0 Å². The van der Waals surface area contributed by atoms with Gasteiger partial charge < -0.3 is 15.6 Å². The van der Waals surface area contributed by atoms with Gasteiger partial charge in [-0.2, -0.15) is 0 Å². The van der Waals surface area contributed by atoms with Crippen LogP contribution in [-0.4, -0.2) is 22.1 Å². The number of nitrogens with two attached hydrogens (primary N) is 1. The smallest absolute Gasteiger partial charge is 0.293 e. The highest BCUT2D eigenvalue weighted by Gasteiger charge is 2.11. The van der Waals surface area contributed by atoms with E-state index in [0.29, 0.717) is 24.8 Å². The lowest BCUT2D eigenvalue weighted by Gasteiger charge is -2.17. The SMILES string of the molecule is CCCCC(CN)Nc1nccn(CC(C)C)c1=O. The van der Waals surface area contributed by atoms with Gasteiger partial charge in [0, 0.05) is 31.5 Å². The fourth-order valence-corrected chi connectivity index (χ4v) is 1.98. The van der Waals surface area contributed by atoms with Gasteiger partial charge >= 0.3 is 0 Å². The van der Waals surface area contributed by atoms with Gasteiger partial charge in [0.25, 0.3) is 5.56 Å². The molecule has 3 N–H and O–H groups in total. The van der Waals surface area contributed by atoms with Gasteiger partial charge in [0.05, 0.1) is 0 Å². The highest BCUT2D eigenvalue weighted by atomic mass is 16.1. The number of unbranched alkanes of at least 4 members (excludes halogenated alkanes) is 1. The number of aromatic nitrogens is 2. The van der Waals surface area contributed by atoms with E-state index >= 15 is 0 Å². The zero-order chi connectivity index (χ0) is 14.3. The summed E-state index contributed by atoms with van der Waals surface area (Å²) >= 11 is 0. The number of hydrogen-bond donors (Lipinski definition) is 2. The average molecular weight is 266 g/mol. The maximum atomic E-state index is 12.2. The lowest BCUT2D eigenvalue weighted by Crippen LogP contribution is -2.34. The van der Waals surface area contributed by atoms with Gasteiger partial charge in [-0.1, -0.05) is 33.6 Å². The maximum Gasteiger partial charge on any atom is 0.293 e. The molecule has 0 aromatic carbocycles. The molecule has 5 nitrogen and oxygen atoms in total. The van der Waals surface area contributed by atoms with Crippen molar-refractivity contribution in [2.75, 3.05) is 11.9 Å². The van der Waals surface area contributed by atoms with Crippen LogP contribution in [0.5, 0.6) is 0 Å². The molecule has 0 saturated heterocycles. The molecule has 0 spiro atoms. The minimum Gasteiger partial charge on any atom is -0.361 e. The van der Waals surface area contributed by atoms with Gasteiger partial charge in [0.1, 0.15) is 0 Å². The first kappa shape index (κ1) is 15.7. The third kappa shape index (κ3) is 5.03. The molecule has 108 valence electrons. The van der Waals surface area contributed by atoms with Crippen LogP contribution >= 0.6 is 0 Å². The molecule has 0 fully saturated rings. The summed E-state index contributed by atoms with van der Waals surface area (Å²) in [6.45, 7) is 7.54. The Kier molecular flexibility index (Phi) is 6.56. The Bertz CT molecular complexity index is 428. The Morgan fingerprint density at radius 3 is 2.79 bits per heavy atom. The van der Waals surface area contributed by atoms with Crippen molar-refractivity contribution in [3.63, 3.8) is 0 Å². The molecule has 19 heavy (non-hydrogen) atoms. The number of anilines is 1. The van der Waals surface area contributed by atoms with E-state index in [1.807, 2.05) is 0 Å². The van der Waals surface area contributed by atoms with Crippen molar-refractivity contribution in [3.8, 4) is 0 Å². The molecular weight excluding hydrogens is 240 g/mol. The summed E-state index contributed by atoms with van der Waals surface area (Å²) in [5, 5.41) is 3.18. The average Bonchev–Trinajstić information content (AvgIpc) is 2.38. The first-order chi connectivity index (χ1) is 9.08. The third-order valence-electron chi connectivity index (χ3n) is 3.01. The summed E-state index contributed by atoms with van der Waals surface area (Å²) in [6, 6.07) is 0.120. The van der Waals surface area contributed by atoms with Gasteiger partial charge in [0.2, 0.25) is 0 Å². The van der Waals surface area contributed by atoms with Crippen molar-refractivity contribution in [1.29, 1.82) is 0 Å². The first-order valence-electron chi connectivity index (χ1n) is 7.10. The number of rotatable bonds is 8. The van der Waals surface area contributed by atoms with Crippen molar-refractivity contribution >= 4 is 5.82 Å². The Morgan fingerprint density at radius 2 is 2.21 bits per heavy atom. The lowest BCUT2D eigenvalue weighted by atomic mass is 10.1. The first-order valence-corrected chi connectivity index (χ1v) is 7.10. The summed E-state index contributed by atoms with van der Waals surface area (Å²) in [4.78, 5) is 16.4. The van der Waals surface area contributed by atoms with Crippen molar-refractivity contribution in [1.82, 2.24) is 9.55 Å². The molecule has 0 bridgehead atoms. The van der Waals surface area contributed by atoms with Crippen LogP contribution in [0.3, 0.4) is 0 Å². The van der Waals surface area contributed by atoms with Crippen LogP contribution in [0, 0.1) is 5.92 Å². The highest BCUT2D eigenvalue weighted by molar-refractivity contribution is 5.32. The summed E-state index contributed by atoms with van der Waals surface area (Å²) in [5.41, 5.74) is 5.67. The Labute approximate surface area is 115 Å². The number of hydrogen-bond acceptors (Lipinski definition) is 4. The fourth-order valence-electron chi connectivity index (χ4n) is 1.98. The van der Waals surface area contributed by atoms with Crippen LogP contribution in [-0.2, 0) is 6.54 Å². The zero-order valence-electron chi connectivity index (χ0n) is 12.2. The second kappa shape index (κ2) is 7.94. The predicted octanol–water partition coefficient (Wildman–Crippen LogP) is 1.83. The van der Waals surface area contributed by atoms with Crippen molar-refractivity contribution < 1.29 is 0 Å². The molecule has 1 aromatic heterocycles. The summed E-state index contributed by atoms with van der Waals surface area (Å²) in [6.07, 6.45) is 6.59. The van der Waals surface area contributed by atoms with E-state index in [4.69, 9.17) is 5.73 Å². The van der Waals surface area contributed by atoms with Crippen LogP contribution in [0.1, 0.15) is 40.0 Å². The predicted molar refractivity (Wildman–Crippen MR) is 79.3 cm³/mol. The van der Waals surface area contributed by atoms with Gasteiger partial charge in [0.15, 0.2) is 5.82 Å². The summed E-state index contributed by atoms with van der Waals surface area (Å²) in [5.74, 6) is 0.841. The molecule has 5 heteroatoms. The minimum absolute atomic E-state index is 0.0638. The monoisotopic (exact) mass is 266 g/mol. The largest absolute Gasteiger partial charge is 0.361 e. The maximum absolute atomic E-state index is 12.2. The Morgan fingerprint density at radius 1 is 1.47 bits per heavy atom. The van der Waals surface area contributed by atoms with E-state index in [2.05, 4.69) is 31.1 Å². The van der Waals surface area contributed by atoms with Gasteiger partial charge in [-0.25, -0.2) is 4.98 Å². The normalized spacial score (nSPS) is 12.7. The molecule has 1 unspecified atom stereocenters. The van der Waals surface area contributed by atoms with Crippen LogP contribution in [0.25, 0.3) is 0 Å². The molecule has 1 atom stereocenters. The van der Waals surface area contributed by atoms with Crippen LogP contribution in [0.15, 0.2) is 17.2 Å². The highest BCUT2D eigenvalue weighted by Crippen LogP contribution is 2.05. The summed E-state index contributed by atoms with van der Waals surface area (Å²) < 4.78 is 1.70. The van der Waals surface area contributed by atoms with E-state index in [9.17, 15) is 4.79 Å². The molecule has 1 rings (SSSR count). The van der Waals surface area contributed by atoms with Crippen LogP contribution < -0.4 is 16.6 Å². The van der Waals surface area contributed by atoms with Crippen molar-refractivity contribution in [2.24, 2.45) is 11.7 Å². The van der Waals surface area contributed by atoms with E-state index in [1.54, 1.807) is 17.0 Å². The zero-order valence-corrected chi connectivity index (χ0v) is 12.2. The second-order valence-electron chi connectivity index (χ2n) is 5.35. The summed E-state index contributed by atoms with van der Waals surface area (Å²) in [7, 11) is 0.